The first-order valence-corrected chi connectivity index (χ1v) is 4.43. The van der Waals surface area contributed by atoms with Crippen LogP contribution in [-0.4, -0.2) is 6.54 Å². The molecule has 0 spiro atoms. The van der Waals surface area contributed by atoms with Crippen LogP contribution in [0.25, 0.3) is 0 Å². The van der Waals surface area contributed by atoms with Crippen LogP contribution in [0.5, 0.6) is 0 Å². The lowest BCUT2D eigenvalue weighted by Crippen LogP contribution is -2.00. The van der Waals surface area contributed by atoms with Gasteiger partial charge in [0, 0.05) is 12.6 Å². The minimum absolute atomic E-state index is 0.237. The fraction of sp³-hybridized carbons (Fsp3) is 0.111. The highest BCUT2D eigenvalue weighted by Gasteiger charge is 2.06. The Balaban J connectivity index is 2.94. The third-order valence-corrected chi connectivity index (χ3v) is 2.05. The van der Waals surface area contributed by atoms with E-state index in [0.29, 0.717) is 6.54 Å². The van der Waals surface area contributed by atoms with E-state index in [2.05, 4.69) is 27.8 Å². The molecule has 0 aliphatic heterocycles. The molecule has 0 saturated carbocycles. The van der Waals surface area contributed by atoms with Crippen molar-refractivity contribution in [2.45, 2.75) is 0 Å². The molecule has 0 aliphatic rings. The number of hydrogen-bond donors (Lipinski definition) is 1. The maximum atomic E-state index is 13.0. The standard InChI is InChI=1S/C9H8BrF2N/c1-2-3-13-9-4-6(10)7(11)5-8(9)12/h2,4-5,13H,1,3H2. The minimum Gasteiger partial charge on any atom is -0.379 e. The Bertz CT molecular complexity index is 326. The van der Waals surface area contributed by atoms with Crippen LogP contribution in [0.4, 0.5) is 14.5 Å². The van der Waals surface area contributed by atoms with Crippen molar-refractivity contribution in [2.75, 3.05) is 11.9 Å². The van der Waals surface area contributed by atoms with Gasteiger partial charge in [-0.1, -0.05) is 6.08 Å². The fourth-order valence-corrected chi connectivity index (χ4v) is 1.18. The molecule has 1 rings (SSSR count). The third-order valence-electron chi connectivity index (χ3n) is 1.45. The van der Waals surface area contributed by atoms with E-state index in [1.165, 1.54) is 6.07 Å². The highest BCUT2D eigenvalue weighted by Crippen LogP contribution is 2.23. The summed E-state index contributed by atoms with van der Waals surface area (Å²) in [5, 5.41) is 2.74. The Morgan fingerprint density at radius 2 is 2.08 bits per heavy atom. The maximum absolute atomic E-state index is 13.0. The monoisotopic (exact) mass is 247 g/mol. The number of rotatable bonds is 3. The second-order valence-corrected chi connectivity index (χ2v) is 3.27. The molecule has 0 amide bonds. The molecule has 1 N–H and O–H groups in total. The van der Waals surface area contributed by atoms with Crippen LogP contribution in [0.1, 0.15) is 0 Å². The van der Waals surface area contributed by atoms with Gasteiger partial charge in [0.05, 0.1) is 10.2 Å². The molecule has 1 aromatic rings. The van der Waals surface area contributed by atoms with Crippen LogP contribution < -0.4 is 5.32 Å². The molecule has 1 aromatic carbocycles. The second-order valence-electron chi connectivity index (χ2n) is 2.42. The maximum Gasteiger partial charge on any atom is 0.149 e. The average Bonchev–Trinajstić information content (AvgIpc) is 2.09. The summed E-state index contributed by atoms with van der Waals surface area (Å²) in [4.78, 5) is 0. The summed E-state index contributed by atoms with van der Waals surface area (Å²) >= 11 is 2.96. The van der Waals surface area contributed by atoms with Gasteiger partial charge in [-0.15, -0.1) is 6.58 Å². The molecule has 0 radical (unpaired) electrons. The SMILES string of the molecule is C=CCNc1cc(Br)c(F)cc1F. The molecule has 0 fully saturated rings. The second kappa shape index (κ2) is 4.37. The molecule has 4 heteroatoms. The van der Waals surface area contributed by atoms with Crippen LogP contribution in [0.3, 0.4) is 0 Å². The average molecular weight is 248 g/mol. The predicted octanol–water partition coefficient (Wildman–Crippen LogP) is 3.33. The Labute approximate surface area is 83.6 Å². The highest BCUT2D eigenvalue weighted by atomic mass is 79.9. The number of benzene rings is 1. The molecule has 13 heavy (non-hydrogen) atoms. The molecule has 0 aliphatic carbocycles. The van der Waals surface area contributed by atoms with Crippen LogP contribution >= 0.6 is 15.9 Å². The lowest BCUT2D eigenvalue weighted by Gasteiger charge is -2.05. The topological polar surface area (TPSA) is 12.0 Å². The lowest BCUT2D eigenvalue weighted by molar-refractivity contribution is 0.581. The number of halogens is 3. The molecule has 0 saturated heterocycles. The van der Waals surface area contributed by atoms with E-state index in [1.807, 2.05) is 0 Å². The van der Waals surface area contributed by atoms with E-state index in [0.717, 1.165) is 6.07 Å². The number of anilines is 1. The number of hydrogen-bond acceptors (Lipinski definition) is 1. The van der Waals surface area contributed by atoms with Gasteiger partial charge in [-0.3, -0.25) is 0 Å². The van der Waals surface area contributed by atoms with E-state index < -0.39 is 11.6 Å². The van der Waals surface area contributed by atoms with Crippen molar-refractivity contribution in [3.63, 3.8) is 0 Å². The van der Waals surface area contributed by atoms with Crippen LogP contribution in [0, 0.1) is 11.6 Å². The predicted molar refractivity (Wildman–Crippen MR) is 52.7 cm³/mol. The molecule has 1 nitrogen and oxygen atoms in total. The first kappa shape index (κ1) is 10.2. The van der Waals surface area contributed by atoms with Gasteiger partial charge in [0.1, 0.15) is 11.6 Å². The molecule has 70 valence electrons. The van der Waals surface area contributed by atoms with Gasteiger partial charge >= 0.3 is 0 Å². The largest absolute Gasteiger partial charge is 0.379 e. The van der Waals surface area contributed by atoms with Crippen molar-refractivity contribution in [1.29, 1.82) is 0 Å². The van der Waals surface area contributed by atoms with E-state index in [4.69, 9.17) is 0 Å². The number of nitrogens with one attached hydrogen (secondary N) is 1. The summed E-state index contributed by atoms with van der Waals surface area (Å²) in [5.41, 5.74) is 0.258. The summed E-state index contributed by atoms with van der Waals surface area (Å²) in [5.74, 6) is -1.22. The van der Waals surface area contributed by atoms with E-state index >= 15 is 0 Å². The van der Waals surface area contributed by atoms with Crippen LogP contribution in [0.2, 0.25) is 0 Å². The first-order valence-electron chi connectivity index (χ1n) is 3.64. The van der Waals surface area contributed by atoms with Gasteiger partial charge in [0.2, 0.25) is 0 Å². The van der Waals surface area contributed by atoms with Gasteiger partial charge in [-0.05, 0) is 22.0 Å². The normalized spacial score (nSPS) is 9.77. The van der Waals surface area contributed by atoms with Crippen molar-refractivity contribution >= 4 is 21.6 Å². The van der Waals surface area contributed by atoms with Crippen LogP contribution in [0.15, 0.2) is 29.3 Å². The molecular weight excluding hydrogens is 240 g/mol. The van der Waals surface area contributed by atoms with E-state index in [-0.39, 0.29) is 10.2 Å². The summed E-state index contributed by atoms with van der Waals surface area (Å²) in [7, 11) is 0. The molecule has 0 atom stereocenters. The third kappa shape index (κ3) is 2.52. The molecule has 0 unspecified atom stereocenters. The van der Waals surface area contributed by atoms with Gasteiger partial charge in [-0.2, -0.15) is 0 Å². The van der Waals surface area contributed by atoms with E-state index in [1.54, 1.807) is 6.08 Å². The van der Waals surface area contributed by atoms with Crippen molar-refractivity contribution in [1.82, 2.24) is 0 Å². The summed E-state index contributed by atoms with van der Waals surface area (Å²) < 4.78 is 26.0. The smallest absolute Gasteiger partial charge is 0.149 e. The highest BCUT2D eigenvalue weighted by molar-refractivity contribution is 9.10. The first-order chi connectivity index (χ1) is 6.15. The zero-order chi connectivity index (χ0) is 9.84. The minimum atomic E-state index is -0.610. The van der Waals surface area contributed by atoms with Crippen LogP contribution in [-0.2, 0) is 0 Å². The Kier molecular flexibility index (Phi) is 3.42. The summed E-state index contributed by atoms with van der Waals surface area (Å²) in [6.45, 7) is 3.91. The molecule has 0 heterocycles. The van der Waals surface area contributed by atoms with Gasteiger partial charge in [0.15, 0.2) is 0 Å². The van der Waals surface area contributed by atoms with Crippen molar-refractivity contribution in [2.24, 2.45) is 0 Å². The molecular formula is C9H8BrF2N. The van der Waals surface area contributed by atoms with Crippen molar-refractivity contribution in [3.05, 3.63) is 40.9 Å². The van der Waals surface area contributed by atoms with Gasteiger partial charge in [0.25, 0.3) is 0 Å². The Morgan fingerprint density at radius 3 is 2.69 bits per heavy atom. The molecule has 0 bridgehead atoms. The lowest BCUT2D eigenvalue weighted by atomic mass is 10.3. The fourth-order valence-electron chi connectivity index (χ4n) is 0.840. The van der Waals surface area contributed by atoms with Crippen molar-refractivity contribution in [3.8, 4) is 0 Å². The van der Waals surface area contributed by atoms with Gasteiger partial charge in [-0.25, -0.2) is 8.78 Å². The van der Waals surface area contributed by atoms with Gasteiger partial charge < -0.3 is 5.32 Å². The zero-order valence-electron chi connectivity index (χ0n) is 6.78. The summed E-state index contributed by atoms with van der Waals surface area (Å²) in [6, 6.07) is 2.18. The van der Waals surface area contributed by atoms with Crippen molar-refractivity contribution < 1.29 is 8.78 Å². The quantitative estimate of drug-likeness (QED) is 0.639. The summed E-state index contributed by atoms with van der Waals surface area (Å²) in [6.07, 6.45) is 1.59. The Hall–Kier alpha value is -0.900. The zero-order valence-corrected chi connectivity index (χ0v) is 8.37. The van der Waals surface area contributed by atoms with E-state index in [9.17, 15) is 8.78 Å². The Morgan fingerprint density at radius 1 is 1.38 bits per heavy atom. The molecule has 0 aromatic heterocycles.